The van der Waals surface area contributed by atoms with Crippen molar-refractivity contribution in [1.29, 1.82) is 0 Å². The lowest BCUT2D eigenvalue weighted by atomic mass is 9.98. The number of rotatable bonds is 2. The Hall–Kier alpha value is -3.92. The lowest BCUT2D eigenvalue weighted by Crippen LogP contribution is -2.40. The Bertz CT molecular complexity index is 1580. The molecule has 0 spiro atoms. The van der Waals surface area contributed by atoms with Crippen molar-refractivity contribution in [1.82, 2.24) is 0 Å². The fourth-order valence-corrected chi connectivity index (χ4v) is 6.44. The van der Waals surface area contributed by atoms with Crippen LogP contribution in [0.15, 0.2) is 60.9 Å². The highest BCUT2D eigenvalue weighted by Crippen LogP contribution is 2.33. The van der Waals surface area contributed by atoms with Crippen molar-refractivity contribution >= 4 is 23.8 Å². The molecule has 4 aromatic rings. The number of fused-ring (bicyclic) bond motifs is 2. The third-order valence-electron chi connectivity index (χ3n) is 9.15. The summed E-state index contributed by atoms with van der Waals surface area (Å²) in [7, 11) is 0. The van der Waals surface area contributed by atoms with Gasteiger partial charge in [-0.15, -0.1) is 18.3 Å². The van der Waals surface area contributed by atoms with Crippen molar-refractivity contribution < 1.29 is 18.3 Å². The Morgan fingerprint density at radius 3 is 1.20 bits per heavy atom. The molecule has 4 nitrogen and oxygen atoms in total. The monoisotopic (exact) mass is 532 g/mol. The number of pyridine rings is 2. The molecule has 0 N–H and O–H groups in total. The molecule has 2 aliphatic heterocycles. The van der Waals surface area contributed by atoms with E-state index in [1.807, 2.05) is 0 Å². The van der Waals surface area contributed by atoms with Gasteiger partial charge in [0.1, 0.15) is 0 Å². The summed E-state index contributed by atoms with van der Waals surface area (Å²) in [6.45, 7) is 22.2. The molecule has 6 rings (SSSR count). The van der Waals surface area contributed by atoms with Crippen molar-refractivity contribution in [3.8, 4) is 0 Å². The quantitative estimate of drug-likeness (QED) is 0.247. The molecule has 2 aromatic heterocycles. The highest BCUT2D eigenvalue weighted by Gasteiger charge is 2.39. The van der Waals surface area contributed by atoms with E-state index >= 15 is 0 Å². The summed E-state index contributed by atoms with van der Waals surface area (Å²) >= 11 is 0. The number of benzene rings is 2. The highest BCUT2D eigenvalue weighted by atomic mass is 15.3. The van der Waals surface area contributed by atoms with E-state index in [2.05, 4.69) is 161 Å². The zero-order chi connectivity index (χ0) is 28.9. The zero-order valence-corrected chi connectivity index (χ0v) is 25.9. The minimum absolute atomic E-state index is 0.325. The van der Waals surface area contributed by atoms with Gasteiger partial charge in [-0.25, -0.2) is 0 Å². The Morgan fingerprint density at radius 1 is 0.475 bits per heavy atom. The van der Waals surface area contributed by atoms with Crippen LogP contribution in [0.25, 0.3) is 0 Å². The molecular weight excluding hydrogens is 488 g/mol. The van der Waals surface area contributed by atoms with Gasteiger partial charge in [-0.2, -0.15) is 0 Å². The first-order valence-corrected chi connectivity index (χ1v) is 14.4. The van der Waals surface area contributed by atoms with Gasteiger partial charge in [0.25, 0.3) is 11.4 Å². The van der Waals surface area contributed by atoms with Crippen LogP contribution in [-0.4, -0.2) is 21.6 Å². The first kappa shape index (κ1) is 27.6. The SMILES string of the molecule is Cc1cc(C)c([N+]2=Cc3cccc[n+]3C2C)c(C)c1C.Cc1cc(C)c([N+]2=Cc3cccc[n+]3C2C)c(C)c1C. The zero-order valence-electron chi connectivity index (χ0n) is 25.9. The molecule has 2 aliphatic rings. The number of hydrogen-bond donors (Lipinski definition) is 0. The van der Waals surface area contributed by atoms with E-state index in [1.165, 1.54) is 67.3 Å². The van der Waals surface area contributed by atoms with Gasteiger partial charge in [0.05, 0.1) is 13.8 Å². The van der Waals surface area contributed by atoms with E-state index in [0.29, 0.717) is 12.3 Å². The lowest BCUT2D eigenvalue weighted by Gasteiger charge is -2.12. The second kappa shape index (κ2) is 10.6. The normalized spacial score (nSPS) is 17.1. The second-order valence-electron chi connectivity index (χ2n) is 11.6. The molecule has 0 saturated carbocycles. The van der Waals surface area contributed by atoms with Crippen molar-refractivity contribution in [2.45, 2.75) is 81.6 Å². The molecule has 4 heterocycles. The molecule has 2 aromatic carbocycles. The van der Waals surface area contributed by atoms with Crippen LogP contribution < -0.4 is 9.13 Å². The summed E-state index contributed by atoms with van der Waals surface area (Å²) in [6, 6.07) is 17.3. The van der Waals surface area contributed by atoms with Gasteiger partial charge in [0.15, 0.2) is 12.4 Å². The van der Waals surface area contributed by atoms with Gasteiger partial charge in [-0.05, 0) is 102 Å². The predicted molar refractivity (Wildman–Crippen MR) is 164 cm³/mol. The van der Waals surface area contributed by atoms with Crippen LogP contribution in [0, 0.1) is 55.4 Å². The molecule has 0 radical (unpaired) electrons. The smallest absolute Gasteiger partial charge is 0.132 e. The van der Waals surface area contributed by atoms with Crippen molar-refractivity contribution in [3.05, 3.63) is 117 Å². The van der Waals surface area contributed by atoms with Gasteiger partial charge in [-0.3, -0.25) is 0 Å². The van der Waals surface area contributed by atoms with Crippen molar-refractivity contribution in [3.63, 3.8) is 0 Å². The van der Waals surface area contributed by atoms with Crippen LogP contribution in [0.1, 0.15) is 82.1 Å². The molecule has 40 heavy (non-hydrogen) atoms. The average Bonchev–Trinajstić information content (AvgIpc) is 3.43. The Kier molecular flexibility index (Phi) is 7.31. The van der Waals surface area contributed by atoms with Crippen LogP contribution in [0.5, 0.6) is 0 Å². The van der Waals surface area contributed by atoms with Crippen molar-refractivity contribution in [2.24, 2.45) is 0 Å². The van der Waals surface area contributed by atoms with Crippen LogP contribution in [-0.2, 0) is 0 Å². The van der Waals surface area contributed by atoms with Crippen molar-refractivity contribution in [2.75, 3.05) is 0 Å². The van der Waals surface area contributed by atoms with Gasteiger partial charge in [0.2, 0.25) is 23.8 Å². The number of aryl methyl sites for hydroxylation is 4. The molecule has 2 atom stereocenters. The molecular formula is C36H44N4+4. The Balaban J connectivity index is 0.000000161. The third kappa shape index (κ3) is 4.60. The third-order valence-corrected chi connectivity index (χ3v) is 9.15. The first-order valence-electron chi connectivity index (χ1n) is 14.4. The molecule has 204 valence electrons. The van der Waals surface area contributed by atoms with E-state index < -0.39 is 0 Å². The van der Waals surface area contributed by atoms with E-state index in [4.69, 9.17) is 0 Å². The summed E-state index contributed by atoms with van der Waals surface area (Å²) in [5.74, 6) is 0. The second-order valence-corrected chi connectivity index (χ2v) is 11.6. The van der Waals surface area contributed by atoms with Gasteiger partial charge < -0.3 is 0 Å². The topological polar surface area (TPSA) is 13.8 Å². The predicted octanol–water partition coefficient (Wildman–Crippen LogP) is 7.01. The Labute approximate surface area is 240 Å². The summed E-state index contributed by atoms with van der Waals surface area (Å²) in [4.78, 5) is 0. The summed E-state index contributed by atoms with van der Waals surface area (Å²) in [5, 5.41) is 0. The highest BCUT2D eigenvalue weighted by molar-refractivity contribution is 5.74. The van der Waals surface area contributed by atoms with Crippen LogP contribution in [0.2, 0.25) is 0 Å². The number of nitrogens with zero attached hydrogens (tertiary/aromatic N) is 4. The van der Waals surface area contributed by atoms with Crippen LogP contribution in [0.4, 0.5) is 11.4 Å². The summed E-state index contributed by atoms with van der Waals surface area (Å²) < 4.78 is 9.42. The molecule has 0 bridgehead atoms. The van der Waals surface area contributed by atoms with Gasteiger partial charge >= 0.3 is 12.3 Å². The molecule has 4 heteroatoms. The molecule has 0 fully saturated rings. The lowest BCUT2D eigenvalue weighted by molar-refractivity contribution is -0.838. The van der Waals surface area contributed by atoms with Crippen LogP contribution >= 0.6 is 0 Å². The molecule has 0 saturated heterocycles. The standard InChI is InChI=1S/2C18H22N2/c2*1-12-10-13(2)18(15(4)14(12)3)20-11-17-8-6-7-9-19(17)16(20)5/h2*6-11,16H,1-5H3/q2*+2. The first-order chi connectivity index (χ1) is 19.0. The Morgan fingerprint density at radius 2 is 0.850 bits per heavy atom. The largest absolute Gasteiger partial charge is 0.350 e. The fourth-order valence-electron chi connectivity index (χ4n) is 6.44. The minimum atomic E-state index is 0.325. The molecule has 0 amide bonds. The maximum Gasteiger partial charge on any atom is 0.350 e. The van der Waals surface area contributed by atoms with Gasteiger partial charge in [-0.1, -0.05) is 0 Å². The van der Waals surface area contributed by atoms with E-state index in [1.54, 1.807) is 0 Å². The molecule has 0 aliphatic carbocycles. The number of hydrogen-bond acceptors (Lipinski definition) is 0. The van der Waals surface area contributed by atoms with E-state index in [0.717, 1.165) is 0 Å². The number of aromatic nitrogens is 2. The maximum absolute atomic E-state index is 2.40. The molecule has 2 unspecified atom stereocenters. The van der Waals surface area contributed by atoms with Gasteiger partial charge in [0, 0.05) is 46.5 Å². The summed E-state index contributed by atoms with van der Waals surface area (Å²) in [6.07, 6.45) is 9.48. The van der Waals surface area contributed by atoms with E-state index in [-0.39, 0.29) is 0 Å². The van der Waals surface area contributed by atoms with Crippen LogP contribution in [0.3, 0.4) is 0 Å². The maximum atomic E-state index is 2.40. The van der Waals surface area contributed by atoms with E-state index in [9.17, 15) is 0 Å². The average molecular weight is 533 g/mol. The summed E-state index contributed by atoms with van der Waals surface area (Å²) in [5.41, 5.74) is 16.2. The minimum Gasteiger partial charge on any atom is -0.132 e. The fraction of sp³-hybridized carbons (Fsp3) is 0.333.